The highest BCUT2D eigenvalue weighted by Gasteiger charge is 2.33. The fourth-order valence-corrected chi connectivity index (χ4v) is 4.29. The molecule has 2 aliphatic rings. The number of hydrogen-bond donors (Lipinski definition) is 1. The number of para-hydroxylation sites is 1. The highest BCUT2D eigenvalue weighted by molar-refractivity contribution is 5.33. The van der Waals surface area contributed by atoms with Crippen LogP contribution in [0.1, 0.15) is 37.7 Å². The largest absolute Gasteiger partial charge is 0.434 e. The third-order valence-electron chi connectivity index (χ3n) is 5.45. The molecule has 1 aromatic rings. The summed E-state index contributed by atoms with van der Waals surface area (Å²) in [6.07, 6.45) is 5.88. The molecule has 1 atom stereocenters. The first-order valence-electron chi connectivity index (χ1n) is 9.29. The van der Waals surface area contributed by atoms with Crippen LogP contribution in [-0.2, 0) is 6.54 Å². The van der Waals surface area contributed by atoms with Gasteiger partial charge < -0.3 is 9.84 Å². The Bertz CT molecular complexity index is 538. The summed E-state index contributed by atoms with van der Waals surface area (Å²) in [5.41, 5.74) is 0.792. The zero-order valence-electron chi connectivity index (χ0n) is 14.6. The Balaban J connectivity index is 1.64. The van der Waals surface area contributed by atoms with E-state index < -0.39 is 6.61 Å². The topological polar surface area (TPSA) is 35.9 Å². The van der Waals surface area contributed by atoms with E-state index in [1.54, 1.807) is 12.1 Å². The number of aliphatic hydroxyl groups is 1. The third-order valence-corrected chi connectivity index (χ3v) is 5.45. The highest BCUT2D eigenvalue weighted by Crippen LogP contribution is 2.29. The van der Waals surface area contributed by atoms with Crippen molar-refractivity contribution in [3.05, 3.63) is 29.8 Å². The number of benzene rings is 1. The molecular weight excluding hydrogens is 326 g/mol. The molecule has 0 radical (unpaired) electrons. The monoisotopic (exact) mass is 354 g/mol. The summed E-state index contributed by atoms with van der Waals surface area (Å²) in [4.78, 5) is 4.86. The molecule has 1 aliphatic carbocycles. The first-order chi connectivity index (χ1) is 12.2. The van der Waals surface area contributed by atoms with E-state index in [-0.39, 0.29) is 12.4 Å². The quantitative estimate of drug-likeness (QED) is 0.816. The minimum Gasteiger partial charge on any atom is -0.434 e. The van der Waals surface area contributed by atoms with Gasteiger partial charge in [0.15, 0.2) is 0 Å². The molecule has 0 aromatic heterocycles. The van der Waals surface area contributed by atoms with Gasteiger partial charge in [-0.25, -0.2) is 0 Å². The van der Waals surface area contributed by atoms with E-state index in [4.69, 9.17) is 0 Å². The Hall–Kier alpha value is -1.24. The maximum absolute atomic E-state index is 12.6. The lowest BCUT2D eigenvalue weighted by Gasteiger charge is -2.44. The fraction of sp³-hybridized carbons (Fsp3) is 0.684. The lowest BCUT2D eigenvalue weighted by atomic mass is 10.0. The molecule has 0 bridgehead atoms. The zero-order chi connectivity index (χ0) is 17.6. The van der Waals surface area contributed by atoms with Crippen LogP contribution < -0.4 is 4.74 Å². The number of alkyl halides is 2. The van der Waals surface area contributed by atoms with E-state index in [0.717, 1.165) is 31.6 Å². The zero-order valence-corrected chi connectivity index (χ0v) is 14.6. The van der Waals surface area contributed by atoms with Crippen molar-refractivity contribution in [2.24, 2.45) is 0 Å². The van der Waals surface area contributed by atoms with Gasteiger partial charge >= 0.3 is 6.61 Å². The third kappa shape index (κ3) is 4.90. The second kappa shape index (κ2) is 8.92. The van der Waals surface area contributed by atoms with Crippen LogP contribution in [0.2, 0.25) is 0 Å². The average Bonchev–Trinajstić information content (AvgIpc) is 3.11. The minimum absolute atomic E-state index is 0.187. The Kier molecular flexibility index (Phi) is 6.62. The van der Waals surface area contributed by atoms with E-state index in [9.17, 15) is 13.9 Å². The van der Waals surface area contributed by atoms with Gasteiger partial charge in [-0.3, -0.25) is 9.80 Å². The van der Waals surface area contributed by atoms with Gasteiger partial charge in [-0.15, -0.1) is 0 Å². The minimum atomic E-state index is -2.80. The van der Waals surface area contributed by atoms with Crippen LogP contribution in [0.3, 0.4) is 0 Å². The molecule has 1 heterocycles. The first kappa shape index (κ1) is 18.5. The molecule has 1 aromatic carbocycles. The second-order valence-electron chi connectivity index (χ2n) is 7.06. The summed E-state index contributed by atoms with van der Waals surface area (Å²) in [6.45, 7) is 0.743. The van der Waals surface area contributed by atoms with Gasteiger partial charge in [0.05, 0.1) is 0 Å². The van der Waals surface area contributed by atoms with Crippen LogP contribution in [0.25, 0.3) is 0 Å². The average molecular weight is 354 g/mol. The van der Waals surface area contributed by atoms with Crippen LogP contribution in [0, 0.1) is 0 Å². The van der Waals surface area contributed by atoms with Crippen molar-refractivity contribution in [3.63, 3.8) is 0 Å². The molecule has 3 rings (SSSR count). The summed E-state index contributed by atoms with van der Waals surface area (Å²) < 4.78 is 29.8. The van der Waals surface area contributed by atoms with Crippen molar-refractivity contribution in [1.82, 2.24) is 9.80 Å². The molecule has 0 spiro atoms. The van der Waals surface area contributed by atoms with Crippen LogP contribution in [-0.4, -0.2) is 59.8 Å². The molecule has 0 unspecified atom stereocenters. The maximum atomic E-state index is 12.6. The molecule has 1 N–H and O–H groups in total. The molecule has 6 heteroatoms. The van der Waals surface area contributed by atoms with Gasteiger partial charge in [0, 0.05) is 50.4 Å². The second-order valence-corrected chi connectivity index (χ2v) is 7.06. The van der Waals surface area contributed by atoms with Crippen molar-refractivity contribution < 1.29 is 18.6 Å². The molecular formula is C19H28F2N2O2. The van der Waals surface area contributed by atoms with E-state index >= 15 is 0 Å². The van der Waals surface area contributed by atoms with Gasteiger partial charge in [-0.05, 0) is 25.3 Å². The highest BCUT2D eigenvalue weighted by atomic mass is 19.3. The summed E-state index contributed by atoms with van der Waals surface area (Å²) in [5, 5.41) is 9.45. The number of ether oxygens (including phenoxy) is 1. The Morgan fingerprint density at radius 3 is 2.64 bits per heavy atom. The number of rotatable bonds is 7. The van der Waals surface area contributed by atoms with Gasteiger partial charge in [0.1, 0.15) is 5.75 Å². The Morgan fingerprint density at radius 2 is 1.92 bits per heavy atom. The van der Waals surface area contributed by atoms with E-state index in [0.29, 0.717) is 18.6 Å². The normalized spacial score (nSPS) is 23.4. The van der Waals surface area contributed by atoms with Gasteiger partial charge in [0.2, 0.25) is 0 Å². The first-order valence-corrected chi connectivity index (χ1v) is 9.29. The molecule has 25 heavy (non-hydrogen) atoms. The number of aliphatic hydroxyl groups excluding tert-OH is 1. The molecule has 0 amide bonds. The van der Waals surface area contributed by atoms with Crippen LogP contribution in [0.5, 0.6) is 5.75 Å². The molecule has 1 saturated carbocycles. The Labute approximate surface area is 148 Å². The van der Waals surface area contributed by atoms with Crippen molar-refractivity contribution in [3.8, 4) is 5.75 Å². The number of hydrogen-bond acceptors (Lipinski definition) is 4. The van der Waals surface area contributed by atoms with Gasteiger partial charge in [-0.2, -0.15) is 8.78 Å². The molecule has 2 fully saturated rings. The van der Waals surface area contributed by atoms with Crippen molar-refractivity contribution >= 4 is 0 Å². The van der Waals surface area contributed by atoms with Gasteiger partial charge in [0.25, 0.3) is 0 Å². The molecule has 140 valence electrons. The Morgan fingerprint density at radius 1 is 1.16 bits per heavy atom. The van der Waals surface area contributed by atoms with Crippen LogP contribution in [0.15, 0.2) is 24.3 Å². The maximum Gasteiger partial charge on any atom is 0.387 e. The number of halogens is 2. The van der Waals surface area contributed by atoms with Crippen molar-refractivity contribution in [1.29, 1.82) is 0 Å². The van der Waals surface area contributed by atoms with Crippen LogP contribution >= 0.6 is 0 Å². The molecule has 4 nitrogen and oxygen atoms in total. The standard InChI is InChI=1S/C19H28F2N2O2/c20-19(21)25-18-8-4-1-5-15(18)13-22-10-11-23(16-6-2-3-7-16)17(14-22)9-12-24/h1,4-5,8,16-17,19,24H,2-3,6-7,9-14H2/t17-/m1/s1. The number of nitrogens with zero attached hydrogens (tertiary/aromatic N) is 2. The van der Waals surface area contributed by atoms with Crippen molar-refractivity contribution in [2.45, 2.75) is 57.3 Å². The van der Waals surface area contributed by atoms with E-state index in [2.05, 4.69) is 14.5 Å². The summed E-state index contributed by atoms with van der Waals surface area (Å²) in [6, 6.07) is 8.00. The fourth-order valence-electron chi connectivity index (χ4n) is 4.29. The summed E-state index contributed by atoms with van der Waals surface area (Å²) in [5.74, 6) is 0.259. The molecule has 1 saturated heterocycles. The van der Waals surface area contributed by atoms with Crippen molar-refractivity contribution in [2.75, 3.05) is 26.2 Å². The summed E-state index contributed by atoms with van der Waals surface area (Å²) >= 11 is 0. The van der Waals surface area contributed by atoms with Gasteiger partial charge in [-0.1, -0.05) is 31.0 Å². The smallest absolute Gasteiger partial charge is 0.387 e. The lowest BCUT2D eigenvalue weighted by Crippen LogP contribution is -2.56. The molecule has 1 aliphatic heterocycles. The van der Waals surface area contributed by atoms with E-state index in [1.807, 2.05) is 12.1 Å². The lowest BCUT2D eigenvalue weighted by molar-refractivity contribution is -0.0511. The number of piperazine rings is 1. The van der Waals surface area contributed by atoms with Crippen LogP contribution in [0.4, 0.5) is 8.78 Å². The SMILES string of the molecule is OCC[C@@H]1CN(Cc2ccccc2OC(F)F)CCN1C1CCCC1. The predicted molar refractivity (Wildman–Crippen MR) is 92.8 cm³/mol. The predicted octanol–water partition coefficient (Wildman–Crippen LogP) is 3.10. The van der Waals surface area contributed by atoms with E-state index in [1.165, 1.54) is 25.7 Å². The summed E-state index contributed by atoms with van der Waals surface area (Å²) in [7, 11) is 0.